The fourth-order valence-electron chi connectivity index (χ4n) is 4.76. The summed E-state index contributed by atoms with van der Waals surface area (Å²) in [5, 5.41) is 4.09. The molecule has 0 unspecified atom stereocenters. The van der Waals surface area contributed by atoms with E-state index in [0.29, 0.717) is 11.8 Å². The molecule has 162 valence electrons. The number of amides is 1. The van der Waals surface area contributed by atoms with E-state index in [0.717, 1.165) is 76.5 Å². The molecule has 6 heteroatoms. The lowest BCUT2D eigenvalue weighted by atomic mass is 9.90. The first kappa shape index (κ1) is 21.1. The lowest BCUT2D eigenvalue weighted by molar-refractivity contribution is -0.138. The molecule has 1 aromatic heterocycles. The number of hydrogen-bond donors (Lipinski definition) is 0. The van der Waals surface area contributed by atoms with Gasteiger partial charge < -0.3 is 9.42 Å². The zero-order chi connectivity index (χ0) is 20.9. The first-order valence-corrected chi connectivity index (χ1v) is 11.3. The van der Waals surface area contributed by atoms with Crippen molar-refractivity contribution in [1.82, 2.24) is 19.9 Å². The number of piperidine rings is 1. The van der Waals surface area contributed by atoms with Gasteiger partial charge in [0.15, 0.2) is 0 Å². The van der Waals surface area contributed by atoms with E-state index in [4.69, 9.17) is 4.52 Å². The highest BCUT2D eigenvalue weighted by Gasteiger charge is 2.31. The van der Waals surface area contributed by atoms with Crippen molar-refractivity contribution in [1.29, 1.82) is 0 Å². The highest BCUT2D eigenvalue weighted by atomic mass is 16.5. The van der Waals surface area contributed by atoms with E-state index < -0.39 is 0 Å². The van der Waals surface area contributed by atoms with E-state index in [9.17, 15) is 4.79 Å². The highest BCUT2D eigenvalue weighted by Crippen LogP contribution is 2.23. The van der Waals surface area contributed by atoms with Crippen LogP contribution in [0.3, 0.4) is 0 Å². The fraction of sp³-hybridized carbons (Fsp3) is 0.583. The van der Waals surface area contributed by atoms with E-state index in [1.807, 2.05) is 13.0 Å². The van der Waals surface area contributed by atoms with Crippen molar-refractivity contribution in [3.05, 3.63) is 53.4 Å². The molecule has 2 fully saturated rings. The van der Waals surface area contributed by atoms with Crippen molar-refractivity contribution in [2.45, 2.75) is 45.7 Å². The van der Waals surface area contributed by atoms with Crippen LogP contribution in [0.1, 0.15) is 36.8 Å². The summed E-state index contributed by atoms with van der Waals surface area (Å²) in [5.41, 5.74) is 2.40. The van der Waals surface area contributed by atoms with Crippen LogP contribution in [0.15, 0.2) is 40.9 Å². The maximum atomic E-state index is 13.1. The van der Waals surface area contributed by atoms with Crippen LogP contribution in [0.4, 0.5) is 0 Å². The topological polar surface area (TPSA) is 52.8 Å². The molecule has 0 N–H and O–H groups in total. The Hall–Kier alpha value is -2.18. The third-order valence-corrected chi connectivity index (χ3v) is 6.67. The predicted molar refractivity (Wildman–Crippen MR) is 117 cm³/mol. The monoisotopic (exact) mass is 410 g/mol. The number of aryl methyl sites for hydroxylation is 1. The Kier molecular flexibility index (Phi) is 6.85. The van der Waals surface area contributed by atoms with Gasteiger partial charge in [-0.25, -0.2) is 0 Å². The van der Waals surface area contributed by atoms with E-state index in [1.165, 1.54) is 5.56 Å². The summed E-state index contributed by atoms with van der Waals surface area (Å²) < 4.78 is 5.17. The van der Waals surface area contributed by atoms with Gasteiger partial charge in [0.1, 0.15) is 5.76 Å². The van der Waals surface area contributed by atoms with Crippen LogP contribution < -0.4 is 0 Å². The second kappa shape index (κ2) is 9.75. The number of carbonyl (C=O) groups is 1. The van der Waals surface area contributed by atoms with Crippen LogP contribution in [0.5, 0.6) is 0 Å². The molecule has 0 spiro atoms. The molecule has 1 atom stereocenters. The molecule has 1 aromatic carbocycles. The number of carbonyl (C=O) groups excluding carboxylic acids is 1. The van der Waals surface area contributed by atoms with Gasteiger partial charge in [-0.2, -0.15) is 0 Å². The van der Waals surface area contributed by atoms with E-state index in [-0.39, 0.29) is 6.04 Å². The van der Waals surface area contributed by atoms with Crippen molar-refractivity contribution in [3.63, 3.8) is 0 Å². The first-order valence-electron chi connectivity index (χ1n) is 11.3. The zero-order valence-electron chi connectivity index (χ0n) is 18.3. The summed E-state index contributed by atoms with van der Waals surface area (Å²) in [6.07, 6.45) is 3.35. The number of aromatic nitrogens is 1. The average Bonchev–Trinajstić information content (AvgIpc) is 3.19. The van der Waals surface area contributed by atoms with Crippen molar-refractivity contribution in [2.24, 2.45) is 5.92 Å². The summed E-state index contributed by atoms with van der Waals surface area (Å²) in [4.78, 5) is 19.9. The van der Waals surface area contributed by atoms with Crippen molar-refractivity contribution >= 4 is 5.91 Å². The van der Waals surface area contributed by atoms with Crippen LogP contribution >= 0.6 is 0 Å². The molecule has 6 nitrogen and oxygen atoms in total. The molecular formula is C24H34N4O2. The molecule has 2 aromatic rings. The molecule has 3 heterocycles. The van der Waals surface area contributed by atoms with E-state index in [2.05, 4.69) is 57.1 Å². The standard InChI is InChI=1S/C24H34N4O2/c1-19-16-23(25-30-19)18-26-12-14-27(15-13-26)20(2)24(29)28-10-8-22(9-11-28)17-21-6-4-3-5-7-21/h3-7,16,20,22H,8-15,17-18H2,1-2H3/t20-/m0/s1. The van der Waals surface area contributed by atoms with Crippen molar-refractivity contribution in [2.75, 3.05) is 39.3 Å². The SMILES string of the molecule is Cc1cc(CN2CCN([C@@H](C)C(=O)N3CCC(Cc4ccccc4)CC3)CC2)no1. The molecule has 30 heavy (non-hydrogen) atoms. The van der Waals surface area contributed by atoms with Crippen molar-refractivity contribution in [3.8, 4) is 0 Å². The van der Waals surface area contributed by atoms with Gasteiger partial charge in [-0.1, -0.05) is 35.5 Å². The third kappa shape index (κ3) is 5.29. The summed E-state index contributed by atoms with van der Waals surface area (Å²) in [6, 6.07) is 12.7. The van der Waals surface area contributed by atoms with Crippen LogP contribution in [0.25, 0.3) is 0 Å². The predicted octanol–water partition coefficient (Wildman–Crippen LogP) is 2.97. The molecule has 0 aliphatic carbocycles. The second-order valence-electron chi connectivity index (χ2n) is 8.88. The minimum absolute atomic E-state index is 0.0351. The smallest absolute Gasteiger partial charge is 0.239 e. The van der Waals surface area contributed by atoms with Gasteiger partial charge >= 0.3 is 0 Å². The number of hydrogen-bond acceptors (Lipinski definition) is 5. The third-order valence-electron chi connectivity index (χ3n) is 6.67. The summed E-state index contributed by atoms with van der Waals surface area (Å²) in [7, 11) is 0. The molecule has 2 aliphatic rings. The van der Waals surface area contributed by atoms with Crippen LogP contribution in [-0.2, 0) is 17.8 Å². The minimum Gasteiger partial charge on any atom is -0.361 e. The molecule has 0 radical (unpaired) electrons. The Balaban J connectivity index is 1.20. The van der Waals surface area contributed by atoms with Crippen LogP contribution in [0.2, 0.25) is 0 Å². The van der Waals surface area contributed by atoms with Gasteiger partial charge in [0.05, 0.1) is 11.7 Å². The van der Waals surface area contributed by atoms with Gasteiger partial charge in [-0.15, -0.1) is 0 Å². The number of piperazine rings is 1. The summed E-state index contributed by atoms with van der Waals surface area (Å²) >= 11 is 0. The normalized spacial score (nSPS) is 20.4. The zero-order valence-corrected chi connectivity index (χ0v) is 18.3. The largest absolute Gasteiger partial charge is 0.361 e. The minimum atomic E-state index is -0.0351. The van der Waals surface area contributed by atoms with Gasteiger partial charge in [0.2, 0.25) is 5.91 Å². The molecular weight excluding hydrogens is 376 g/mol. The quantitative estimate of drug-likeness (QED) is 0.733. The molecule has 2 aliphatic heterocycles. The van der Waals surface area contributed by atoms with Gasteiger partial charge in [-0.05, 0) is 44.6 Å². The second-order valence-corrected chi connectivity index (χ2v) is 8.88. The number of likely N-dealkylation sites (tertiary alicyclic amines) is 1. The van der Waals surface area contributed by atoms with Crippen molar-refractivity contribution < 1.29 is 9.32 Å². The summed E-state index contributed by atoms with van der Waals surface area (Å²) in [6.45, 7) is 10.4. The molecule has 1 amide bonds. The molecule has 0 bridgehead atoms. The molecule has 2 saturated heterocycles. The van der Waals surface area contributed by atoms with Crippen LogP contribution in [0, 0.1) is 12.8 Å². The lowest BCUT2D eigenvalue weighted by Crippen LogP contribution is -2.55. The maximum absolute atomic E-state index is 13.1. The molecule has 4 rings (SSSR count). The van der Waals surface area contributed by atoms with E-state index >= 15 is 0 Å². The molecule has 0 saturated carbocycles. The lowest BCUT2D eigenvalue weighted by Gasteiger charge is -2.40. The van der Waals surface area contributed by atoms with E-state index in [1.54, 1.807) is 0 Å². The average molecular weight is 411 g/mol. The Morgan fingerprint density at radius 3 is 2.43 bits per heavy atom. The van der Waals surface area contributed by atoms with Gasteiger partial charge in [0.25, 0.3) is 0 Å². The van der Waals surface area contributed by atoms with Crippen LogP contribution in [-0.4, -0.2) is 71.1 Å². The summed E-state index contributed by atoms with van der Waals surface area (Å²) in [5.74, 6) is 1.85. The fourth-order valence-corrected chi connectivity index (χ4v) is 4.76. The first-order chi connectivity index (χ1) is 14.6. The van der Waals surface area contributed by atoms with Gasteiger partial charge in [-0.3, -0.25) is 14.6 Å². The number of nitrogens with zero attached hydrogens (tertiary/aromatic N) is 4. The number of benzene rings is 1. The Labute approximate surface area is 179 Å². The van der Waals surface area contributed by atoms with Gasteiger partial charge in [0, 0.05) is 51.9 Å². The Morgan fingerprint density at radius 2 is 1.80 bits per heavy atom. The number of rotatable bonds is 6. The Morgan fingerprint density at radius 1 is 1.10 bits per heavy atom. The maximum Gasteiger partial charge on any atom is 0.239 e. The highest BCUT2D eigenvalue weighted by molar-refractivity contribution is 5.81. The Bertz CT molecular complexity index is 806.